The van der Waals surface area contributed by atoms with E-state index >= 15 is 0 Å². The topological polar surface area (TPSA) is 112 Å². The first-order valence-electron chi connectivity index (χ1n) is 7.28. The van der Waals surface area contributed by atoms with Crippen molar-refractivity contribution in [2.75, 3.05) is 38.8 Å². The molecule has 1 aliphatic rings. The lowest BCUT2D eigenvalue weighted by Crippen LogP contribution is -2.43. The van der Waals surface area contributed by atoms with E-state index in [0.29, 0.717) is 36.8 Å². The molecule has 1 unspecified atom stereocenters. The van der Waals surface area contributed by atoms with Gasteiger partial charge in [-0.3, -0.25) is 9.59 Å². The largest absolute Gasteiger partial charge is 0.493 e. The summed E-state index contributed by atoms with van der Waals surface area (Å²) in [5, 5.41) is 6.00. The van der Waals surface area contributed by atoms with E-state index in [-0.39, 0.29) is 18.6 Å². The molecule has 126 valence electrons. The molecule has 0 bridgehead atoms. The van der Waals surface area contributed by atoms with Crippen LogP contribution in [0.25, 0.3) is 0 Å². The second-order valence-corrected chi connectivity index (χ2v) is 5.10. The summed E-state index contributed by atoms with van der Waals surface area (Å²) in [6.45, 7) is 1.66. The first-order valence-corrected chi connectivity index (χ1v) is 7.28. The van der Waals surface area contributed by atoms with Crippen LogP contribution in [0.2, 0.25) is 0 Å². The van der Waals surface area contributed by atoms with Crippen molar-refractivity contribution in [2.45, 2.75) is 12.5 Å². The van der Waals surface area contributed by atoms with Crippen LogP contribution in [0.1, 0.15) is 6.42 Å². The molecule has 0 saturated carbocycles. The molecule has 2 amide bonds. The highest BCUT2D eigenvalue weighted by atomic mass is 16.5. The molecule has 8 nitrogen and oxygen atoms in total. The van der Waals surface area contributed by atoms with Crippen LogP contribution in [0.5, 0.6) is 11.5 Å². The van der Waals surface area contributed by atoms with Crippen LogP contribution in [0, 0.1) is 0 Å². The number of nitrogens with one attached hydrogen (secondary N) is 2. The van der Waals surface area contributed by atoms with Crippen molar-refractivity contribution in [2.24, 2.45) is 5.73 Å². The standard InChI is InChI=1S/C15H21N3O5/c1-21-12-3-2-10(6-13(12)23-9-14(16)19)18-15(20)7-11-8-22-5-4-17-11/h2-3,6,11,17H,4-5,7-9H2,1H3,(H2,16,19)(H,18,20). The molecule has 1 saturated heterocycles. The highest BCUT2D eigenvalue weighted by Gasteiger charge is 2.17. The highest BCUT2D eigenvalue weighted by Crippen LogP contribution is 2.30. The summed E-state index contributed by atoms with van der Waals surface area (Å²) < 4.78 is 15.7. The fraction of sp³-hybridized carbons (Fsp3) is 0.467. The third kappa shape index (κ3) is 5.42. The van der Waals surface area contributed by atoms with Gasteiger partial charge >= 0.3 is 0 Å². The minimum Gasteiger partial charge on any atom is -0.493 e. The van der Waals surface area contributed by atoms with Gasteiger partial charge in [0, 0.05) is 30.8 Å². The van der Waals surface area contributed by atoms with Gasteiger partial charge in [0.15, 0.2) is 18.1 Å². The fourth-order valence-electron chi connectivity index (χ4n) is 2.20. The first kappa shape index (κ1) is 17.0. The van der Waals surface area contributed by atoms with Crippen LogP contribution in [0.3, 0.4) is 0 Å². The smallest absolute Gasteiger partial charge is 0.255 e. The van der Waals surface area contributed by atoms with Crippen LogP contribution < -0.4 is 25.8 Å². The Morgan fingerprint density at radius 1 is 1.43 bits per heavy atom. The lowest BCUT2D eigenvalue weighted by molar-refractivity contribution is -0.120. The first-order chi connectivity index (χ1) is 11.1. The molecule has 1 aromatic rings. The van der Waals surface area contributed by atoms with Gasteiger partial charge in [0.2, 0.25) is 5.91 Å². The molecule has 0 aromatic heterocycles. The normalized spacial score (nSPS) is 17.3. The number of carbonyl (C=O) groups is 2. The third-order valence-electron chi connectivity index (χ3n) is 3.25. The number of amides is 2. The van der Waals surface area contributed by atoms with E-state index in [1.807, 2.05) is 0 Å². The Kier molecular flexibility index (Phi) is 6.19. The number of hydrogen-bond acceptors (Lipinski definition) is 6. The summed E-state index contributed by atoms with van der Waals surface area (Å²) in [5.74, 6) is 0.0544. The SMILES string of the molecule is COc1ccc(NC(=O)CC2COCCN2)cc1OCC(N)=O. The molecular formula is C15H21N3O5. The van der Waals surface area contributed by atoms with Gasteiger partial charge in [-0.25, -0.2) is 0 Å². The summed E-state index contributed by atoms with van der Waals surface area (Å²) in [7, 11) is 1.49. The number of benzene rings is 1. The molecule has 23 heavy (non-hydrogen) atoms. The van der Waals surface area contributed by atoms with Crippen molar-refractivity contribution in [3.05, 3.63) is 18.2 Å². The molecule has 1 fully saturated rings. The van der Waals surface area contributed by atoms with Gasteiger partial charge < -0.3 is 30.6 Å². The molecule has 0 spiro atoms. The Labute approximate surface area is 134 Å². The molecule has 0 radical (unpaired) electrons. The van der Waals surface area contributed by atoms with Crippen molar-refractivity contribution >= 4 is 17.5 Å². The Hall–Kier alpha value is -2.32. The Morgan fingerprint density at radius 3 is 2.91 bits per heavy atom. The van der Waals surface area contributed by atoms with Crippen molar-refractivity contribution < 1.29 is 23.8 Å². The van der Waals surface area contributed by atoms with Crippen molar-refractivity contribution in [3.8, 4) is 11.5 Å². The van der Waals surface area contributed by atoms with Gasteiger partial charge in [-0.05, 0) is 12.1 Å². The quantitative estimate of drug-likeness (QED) is 0.645. The van der Waals surface area contributed by atoms with Gasteiger partial charge in [0.05, 0.1) is 20.3 Å². The lowest BCUT2D eigenvalue weighted by Gasteiger charge is -2.23. The molecule has 8 heteroatoms. The number of rotatable bonds is 7. The zero-order chi connectivity index (χ0) is 16.7. The number of primary amides is 1. The van der Waals surface area contributed by atoms with Crippen LogP contribution in [0.4, 0.5) is 5.69 Å². The Bertz CT molecular complexity index is 558. The van der Waals surface area contributed by atoms with Gasteiger partial charge in [0.1, 0.15) is 0 Å². The van der Waals surface area contributed by atoms with Crippen molar-refractivity contribution in [1.82, 2.24) is 5.32 Å². The molecule has 1 atom stereocenters. The summed E-state index contributed by atoms with van der Waals surface area (Å²) in [6, 6.07) is 4.93. The second-order valence-electron chi connectivity index (χ2n) is 5.10. The number of hydrogen-bond donors (Lipinski definition) is 3. The van der Waals surface area contributed by atoms with Crippen LogP contribution in [-0.2, 0) is 14.3 Å². The van der Waals surface area contributed by atoms with E-state index in [2.05, 4.69) is 10.6 Å². The zero-order valence-corrected chi connectivity index (χ0v) is 13.0. The second kappa shape index (κ2) is 8.35. The number of ether oxygens (including phenoxy) is 3. The summed E-state index contributed by atoms with van der Waals surface area (Å²) in [6.07, 6.45) is 0.309. The van der Waals surface area contributed by atoms with Gasteiger partial charge in [-0.15, -0.1) is 0 Å². The summed E-state index contributed by atoms with van der Waals surface area (Å²) in [5.41, 5.74) is 5.61. The number of morpholine rings is 1. The minimum atomic E-state index is -0.593. The minimum absolute atomic E-state index is 0.00702. The van der Waals surface area contributed by atoms with E-state index in [4.69, 9.17) is 19.9 Å². The maximum absolute atomic E-state index is 12.1. The molecule has 0 aliphatic carbocycles. The average Bonchev–Trinajstić information content (AvgIpc) is 2.54. The number of nitrogens with two attached hydrogens (primary N) is 1. The predicted molar refractivity (Wildman–Crippen MR) is 83.5 cm³/mol. The van der Waals surface area contributed by atoms with Crippen LogP contribution >= 0.6 is 0 Å². The van der Waals surface area contributed by atoms with Gasteiger partial charge in [-0.2, -0.15) is 0 Å². The van der Waals surface area contributed by atoms with Crippen LogP contribution in [0.15, 0.2) is 18.2 Å². The molecule has 2 rings (SSSR count). The van der Waals surface area contributed by atoms with Crippen molar-refractivity contribution in [1.29, 1.82) is 0 Å². The van der Waals surface area contributed by atoms with E-state index < -0.39 is 5.91 Å². The lowest BCUT2D eigenvalue weighted by atomic mass is 10.2. The fourth-order valence-corrected chi connectivity index (χ4v) is 2.20. The predicted octanol–water partition coefficient (Wildman–Crippen LogP) is -0.124. The van der Waals surface area contributed by atoms with Crippen molar-refractivity contribution in [3.63, 3.8) is 0 Å². The third-order valence-corrected chi connectivity index (χ3v) is 3.25. The number of anilines is 1. The van der Waals surface area contributed by atoms with E-state index in [1.54, 1.807) is 18.2 Å². The molecular weight excluding hydrogens is 302 g/mol. The molecule has 1 aromatic carbocycles. The van der Waals surface area contributed by atoms with Crippen LogP contribution in [-0.4, -0.2) is 51.3 Å². The number of methoxy groups -OCH3 is 1. The van der Waals surface area contributed by atoms with Gasteiger partial charge in [0.25, 0.3) is 5.91 Å². The Morgan fingerprint density at radius 2 is 2.26 bits per heavy atom. The zero-order valence-electron chi connectivity index (χ0n) is 13.0. The molecule has 1 heterocycles. The average molecular weight is 323 g/mol. The Balaban J connectivity index is 1.96. The highest BCUT2D eigenvalue weighted by molar-refractivity contribution is 5.91. The van der Waals surface area contributed by atoms with Gasteiger partial charge in [-0.1, -0.05) is 0 Å². The van der Waals surface area contributed by atoms with E-state index in [1.165, 1.54) is 7.11 Å². The molecule has 1 aliphatic heterocycles. The maximum Gasteiger partial charge on any atom is 0.255 e. The maximum atomic E-state index is 12.1. The summed E-state index contributed by atoms with van der Waals surface area (Å²) >= 11 is 0. The van der Waals surface area contributed by atoms with E-state index in [0.717, 1.165) is 6.54 Å². The monoisotopic (exact) mass is 323 g/mol. The molecule has 4 N–H and O–H groups in total. The van der Waals surface area contributed by atoms with E-state index in [9.17, 15) is 9.59 Å². The summed E-state index contributed by atoms with van der Waals surface area (Å²) in [4.78, 5) is 22.9. The number of carbonyl (C=O) groups excluding carboxylic acids is 2.